The van der Waals surface area contributed by atoms with Crippen LogP contribution in [0.15, 0.2) is 79.4 Å². The van der Waals surface area contributed by atoms with Crippen LogP contribution in [0.25, 0.3) is 38.7 Å². The summed E-state index contributed by atoms with van der Waals surface area (Å²) in [7, 11) is 1.73. The lowest BCUT2D eigenvalue weighted by Crippen LogP contribution is -1.93. The van der Waals surface area contributed by atoms with Crippen LogP contribution in [0.5, 0.6) is 5.75 Å². The molecule has 116 valence electrons. The lowest BCUT2D eigenvalue weighted by molar-refractivity contribution is 0.417. The summed E-state index contributed by atoms with van der Waals surface area (Å²) < 4.78 is 5.72. The zero-order valence-corrected chi connectivity index (χ0v) is 13.6. The lowest BCUT2D eigenvalue weighted by Gasteiger charge is -2.17. The van der Waals surface area contributed by atoms with Gasteiger partial charge in [0.2, 0.25) is 0 Å². The fraction of sp³-hybridized carbons (Fsp3) is 0.0435. The van der Waals surface area contributed by atoms with Crippen LogP contribution < -0.4 is 4.74 Å². The second-order valence-electron chi connectivity index (χ2n) is 5.82. The fourth-order valence-electron chi connectivity index (χ4n) is 3.42. The summed E-state index contributed by atoms with van der Waals surface area (Å²) in [6.07, 6.45) is 1.92. The average Bonchev–Trinajstić information content (AvgIpc) is 2.66. The minimum atomic E-state index is 0.883. The molecule has 1 heteroatoms. The van der Waals surface area contributed by atoms with E-state index in [1.807, 2.05) is 12.1 Å². The van der Waals surface area contributed by atoms with Crippen molar-refractivity contribution in [2.45, 2.75) is 0 Å². The molecule has 24 heavy (non-hydrogen) atoms. The Balaban J connectivity index is 2.23. The van der Waals surface area contributed by atoms with E-state index in [2.05, 4.69) is 73.3 Å². The van der Waals surface area contributed by atoms with Crippen molar-refractivity contribution >= 4 is 27.6 Å². The van der Waals surface area contributed by atoms with Gasteiger partial charge in [-0.05, 0) is 33.2 Å². The standard InChI is InChI=1S/C23H18O/c1-3-16-12-13-17-8-4-6-10-19(17)22(16)23-20-11-7-5-9-18(20)14-15-21(23)24-2/h3-15H,1H2,2H3. The van der Waals surface area contributed by atoms with Crippen molar-refractivity contribution in [1.82, 2.24) is 0 Å². The topological polar surface area (TPSA) is 9.23 Å². The number of methoxy groups -OCH3 is 1. The third-order valence-electron chi connectivity index (χ3n) is 4.54. The van der Waals surface area contributed by atoms with E-state index >= 15 is 0 Å². The molecule has 4 rings (SSSR count). The van der Waals surface area contributed by atoms with Crippen molar-refractivity contribution in [1.29, 1.82) is 0 Å². The van der Waals surface area contributed by atoms with Crippen molar-refractivity contribution in [2.24, 2.45) is 0 Å². The largest absolute Gasteiger partial charge is 0.496 e. The molecule has 0 bridgehead atoms. The normalized spacial score (nSPS) is 10.9. The van der Waals surface area contributed by atoms with E-state index in [9.17, 15) is 0 Å². The van der Waals surface area contributed by atoms with E-state index in [4.69, 9.17) is 4.74 Å². The smallest absolute Gasteiger partial charge is 0.127 e. The molecule has 1 nitrogen and oxygen atoms in total. The Labute approximate surface area is 141 Å². The minimum absolute atomic E-state index is 0.883. The molecule has 0 atom stereocenters. The van der Waals surface area contributed by atoms with Gasteiger partial charge in [-0.15, -0.1) is 0 Å². The molecule has 0 N–H and O–H groups in total. The Kier molecular flexibility index (Phi) is 3.55. The van der Waals surface area contributed by atoms with Gasteiger partial charge in [0.25, 0.3) is 0 Å². The molecule has 4 aromatic rings. The maximum Gasteiger partial charge on any atom is 0.127 e. The Morgan fingerprint density at radius 3 is 1.92 bits per heavy atom. The van der Waals surface area contributed by atoms with E-state index in [0.717, 1.165) is 16.9 Å². The first-order valence-corrected chi connectivity index (χ1v) is 8.04. The van der Waals surface area contributed by atoms with Crippen molar-refractivity contribution in [2.75, 3.05) is 7.11 Å². The van der Waals surface area contributed by atoms with Crippen LogP contribution in [0.1, 0.15) is 5.56 Å². The SMILES string of the molecule is C=Cc1ccc2ccccc2c1-c1c(OC)ccc2ccccc12. The third kappa shape index (κ3) is 2.17. The summed E-state index contributed by atoms with van der Waals surface area (Å²) in [6.45, 7) is 4.02. The molecule has 0 radical (unpaired) electrons. The van der Waals surface area contributed by atoms with Gasteiger partial charge in [0.15, 0.2) is 0 Å². The number of benzene rings is 4. The van der Waals surface area contributed by atoms with Crippen LogP contribution in [0, 0.1) is 0 Å². The minimum Gasteiger partial charge on any atom is -0.496 e. The highest BCUT2D eigenvalue weighted by molar-refractivity contribution is 6.10. The van der Waals surface area contributed by atoms with Crippen LogP contribution in [0.4, 0.5) is 0 Å². The van der Waals surface area contributed by atoms with Crippen LogP contribution in [-0.2, 0) is 0 Å². The molecule has 0 aliphatic rings. The van der Waals surface area contributed by atoms with Crippen LogP contribution in [0.3, 0.4) is 0 Å². The van der Waals surface area contributed by atoms with Crippen molar-refractivity contribution in [3.05, 3.63) is 84.9 Å². The van der Waals surface area contributed by atoms with Gasteiger partial charge in [-0.25, -0.2) is 0 Å². The molecule has 0 aliphatic heterocycles. The highest BCUT2D eigenvalue weighted by atomic mass is 16.5. The number of hydrogen-bond acceptors (Lipinski definition) is 1. The van der Waals surface area contributed by atoms with Crippen LogP contribution in [0.2, 0.25) is 0 Å². The summed E-state index contributed by atoms with van der Waals surface area (Å²) in [6, 6.07) is 25.3. The predicted molar refractivity (Wildman–Crippen MR) is 104 cm³/mol. The zero-order valence-electron chi connectivity index (χ0n) is 13.6. The van der Waals surface area contributed by atoms with Crippen LogP contribution >= 0.6 is 0 Å². The molecule has 0 heterocycles. The summed E-state index contributed by atoms with van der Waals surface area (Å²) in [4.78, 5) is 0. The third-order valence-corrected chi connectivity index (χ3v) is 4.54. The number of fused-ring (bicyclic) bond motifs is 2. The zero-order chi connectivity index (χ0) is 16.5. The highest BCUT2D eigenvalue weighted by Gasteiger charge is 2.16. The van der Waals surface area contributed by atoms with Gasteiger partial charge in [-0.1, -0.05) is 79.4 Å². The number of ether oxygens (including phenoxy) is 1. The Bertz CT molecular complexity index is 1060. The first-order valence-electron chi connectivity index (χ1n) is 8.04. The van der Waals surface area contributed by atoms with Crippen LogP contribution in [-0.4, -0.2) is 7.11 Å². The molecule has 0 amide bonds. The first-order chi connectivity index (χ1) is 11.8. The van der Waals surface area contributed by atoms with E-state index in [1.54, 1.807) is 7.11 Å². The molecule has 0 aromatic heterocycles. The number of hydrogen-bond donors (Lipinski definition) is 0. The van der Waals surface area contributed by atoms with Crippen molar-refractivity contribution < 1.29 is 4.74 Å². The summed E-state index contributed by atoms with van der Waals surface area (Å²) in [5, 5.41) is 4.82. The molecule has 0 fully saturated rings. The molecule has 4 aromatic carbocycles. The molecular weight excluding hydrogens is 292 g/mol. The number of rotatable bonds is 3. The van der Waals surface area contributed by atoms with E-state index in [0.29, 0.717) is 0 Å². The lowest BCUT2D eigenvalue weighted by atomic mass is 9.89. The maximum atomic E-state index is 5.72. The van der Waals surface area contributed by atoms with Gasteiger partial charge in [-0.3, -0.25) is 0 Å². The van der Waals surface area contributed by atoms with Gasteiger partial charge >= 0.3 is 0 Å². The second-order valence-corrected chi connectivity index (χ2v) is 5.82. The predicted octanol–water partition coefficient (Wildman–Crippen LogP) is 6.31. The van der Waals surface area contributed by atoms with Crippen molar-refractivity contribution in [3.8, 4) is 16.9 Å². The van der Waals surface area contributed by atoms with Gasteiger partial charge < -0.3 is 4.74 Å². The quantitative estimate of drug-likeness (QED) is 0.431. The molecule has 0 saturated heterocycles. The molecule has 0 aliphatic carbocycles. The second kappa shape index (κ2) is 5.86. The average molecular weight is 310 g/mol. The van der Waals surface area contributed by atoms with Crippen molar-refractivity contribution in [3.63, 3.8) is 0 Å². The molecule has 0 spiro atoms. The monoisotopic (exact) mass is 310 g/mol. The van der Waals surface area contributed by atoms with Gasteiger partial charge in [-0.2, -0.15) is 0 Å². The molecule has 0 saturated carbocycles. The Hall–Kier alpha value is -3.06. The fourth-order valence-corrected chi connectivity index (χ4v) is 3.42. The maximum absolute atomic E-state index is 5.72. The Morgan fingerprint density at radius 1 is 0.708 bits per heavy atom. The van der Waals surface area contributed by atoms with E-state index in [-0.39, 0.29) is 0 Å². The first kappa shape index (κ1) is 14.5. The Morgan fingerprint density at radius 2 is 1.29 bits per heavy atom. The van der Waals surface area contributed by atoms with E-state index < -0.39 is 0 Å². The summed E-state index contributed by atoms with van der Waals surface area (Å²) in [5.74, 6) is 0.883. The summed E-state index contributed by atoms with van der Waals surface area (Å²) >= 11 is 0. The molecular formula is C23H18O. The van der Waals surface area contributed by atoms with Gasteiger partial charge in [0, 0.05) is 11.1 Å². The van der Waals surface area contributed by atoms with E-state index in [1.165, 1.54) is 27.1 Å². The van der Waals surface area contributed by atoms with Gasteiger partial charge in [0.05, 0.1) is 7.11 Å². The van der Waals surface area contributed by atoms with Gasteiger partial charge in [0.1, 0.15) is 5.75 Å². The summed E-state index contributed by atoms with van der Waals surface area (Å²) in [5.41, 5.74) is 3.42. The highest BCUT2D eigenvalue weighted by Crippen LogP contribution is 2.42. The molecule has 0 unspecified atom stereocenters.